The van der Waals surface area contributed by atoms with E-state index in [4.69, 9.17) is 12.2 Å². The molecule has 0 spiro atoms. The highest BCUT2D eigenvalue weighted by atomic mass is 32.1. The Balaban J connectivity index is 2.44. The van der Waals surface area contributed by atoms with E-state index < -0.39 is 0 Å². The monoisotopic (exact) mass is 203 g/mol. The summed E-state index contributed by atoms with van der Waals surface area (Å²) in [5.41, 5.74) is 2.84. The fraction of sp³-hybridized carbons (Fsp3) is 0.100. The van der Waals surface area contributed by atoms with Gasteiger partial charge in [-0.1, -0.05) is 12.2 Å². The summed E-state index contributed by atoms with van der Waals surface area (Å²) in [6.45, 7) is 1.95. The number of aromatic nitrogens is 3. The Morgan fingerprint density at radius 2 is 2.07 bits per heavy atom. The van der Waals surface area contributed by atoms with E-state index in [1.807, 2.05) is 31.2 Å². The Morgan fingerprint density at radius 1 is 1.21 bits per heavy atom. The number of nitrogens with one attached hydrogen (secondary N) is 1. The lowest BCUT2D eigenvalue weighted by Gasteiger charge is -1.99. The maximum atomic E-state index is 4.91. The number of aryl methyl sites for hydroxylation is 1. The van der Waals surface area contributed by atoms with Crippen molar-refractivity contribution in [2.75, 3.05) is 0 Å². The van der Waals surface area contributed by atoms with Gasteiger partial charge in [0.1, 0.15) is 4.64 Å². The van der Waals surface area contributed by atoms with E-state index in [1.54, 1.807) is 6.20 Å². The number of rotatable bonds is 1. The lowest BCUT2D eigenvalue weighted by atomic mass is 10.2. The first kappa shape index (κ1) is 9.02. The van der Waals surface area contributed by atoms with Gasteiger partial charge in [0, 0.05) is 17.5 Å². The first-order valence-electron chi connectivity index (χ1n) is 4.24. The van der Waals surface area contributed by atoms with Gasteiger partial charge >= 0.3 is 0 Å². The normalized spacial score (nSPS) is 10.1. The average molecular weight is 203 g/mol. The lowest BCUT2D eigenvalue weighted by Crippen LogP contribution is -1.88. The Kier molecular flexibility index (Phi) is 2.37. The van der Waals surface area contributed by atoms with Gasteiger partial charge in [-0.3, -0.25) is 10.1 Å². The van der Waals surface area contributed by atoms with Gasteiger partial charge in [-0.2, -0.15) is 5.10 Å². The van der Waals surface area contributed by atoms with Crippen molar-refractivity contribution in [1.29, 1.82) is 0 Å². The third-order valence-corrected chi connectivity index (χ3v) is 2.11. The molecule has 0 aliphatic carbocycles. The zero-order valence-electron chi connectivity index (χ0n) is 7.69. The number of hydrogen-bond acceptors (Lipinski definition) is 3. The predicted molar refractivity (Wildman–Crippen MR) is 57.4 cm³/mol. The summed E-state index contributed by atoms with van der Waals surface area (Å²) in [6, 6.07) is 7.64. The van der Waals surface area contributed by atoms with Crippen LogP contribution in [0.2, 0.25) is 0 Å². The van der Waals surface area contributed by atoms with E-state index in [-0.39, 0.29) is 0 Å². The summed E-state index contributed by atoms with van der Waals surface area (Å²) in [4.78, 5) is 4.20. The summed E-state index contributed by atoms with van der Waals surface area (Å²) >= 11 is 4.91. The highest BCUT2D eigenvalue weighted by Gasteiger charge is 1.97. The van der Waals surface area contributed by atoms with Crippen LogP contribution in [0.4, 0.5) is 0 Å². The third kappa shape index (κ3) is 1.85. The number of hydrogen-bond donors (Lipinski definition) is 1. The molecular formula is C10H9N3S. The molecule has 1 N–H and O–H groups in total. The largest absolute Gasteiger partial charge is 0.267 e. The molecule has 0 amide bonds. The van der Waals surface area contributed by atoms with E-state index >= 15 is 0 Å². The summed E-state index contributed by atoms with van der Waals surface area (Å²) in [6.07, 6.45) is 1.80. The van der Waals surface area contributed by atoms with Gasteiger partial charge in [0.25, 0.3) is 0 Å². The van der Waals surface area contributed by atoms with Gasteiger partial charge in [0.15, 0.2) is 0 Å². The van der Waals surface area contributed by atoms with Gasteiger partial charge in [-0.05, 0) is 31.2 Å². The summed E-state index contributed by atoms with van der Waals surface area (Å²) in [5, 5.41) is 6.86. The number of nitrogens with zero attached hydrogens (tertiary/aromatic N) is 2. The topological polar surface area (TPSA) is 41.6 Å². The van der Waals surface area contributed by atoms with Crippen molar-refractivity contribution < 1.29 is 0 Å². The molecule has 0 bridgehead atoms. The maximum Gasteiger partial charge on any atom is 0.119 e. The fourth-order valence-corrected chi connectivity index (χ4v) is 1.24. The van der Waals surface area contributed by atoms with E-state index in [1.165, 1.54) is 0 Å². The molecule has 0 aliphatic heterocycles. The number of H-pyrrole nitrogens is 1. The van der Waals surface area contributed by atoms with Crippen molar-refractivity contribution >= 4 is 12.2 Å². The van der Waals surface area contributed by atoms with Gasteiger partial charge in [-0.15, -0.1) is 0 Å². The predicted octanol–water partition coefficient (Wildman–Crippen LogP) is 2.51. The van der Waals surface area contributed by atoms with Crippen molar-refractivity contribution in [1.82, 2.24) is 15.2 Å². The SMILES string of the molecule is Cc1ccc(-c2ccc(=S)[nH]n2)cn1. The van der Waals surface area contributed by atoms with E-state index in [9.17, 15) is 0 Å². The van der Waals surface area contributed by atoms with Crippen LogP contribution in [0.3, 0.4) is 0 Å². The zero-order valence-corrected chi connectivity index (χ0v) is 8.51. The van der Waals surface area contributed by atoms with Crippen LogP contribution >= 0.6 is 12.2 Å². The van der Waals surface area contributed by atoms with Gasteiger partial charge < -0.3 is 0 Å². The Morgan fingerprint density at radius 3 is 2.64 bits per heavy atom. The first-order chi connectivity index (χ1) is 6.75. The van der Waals surface area contributed by atoms with Gasteiger partial charge in [-0.25, -0.2) is 0 Å². The minimum Gasteiger partial charge on any atom is -0.267 e. The smallest absolute Gasteiger partial charge is 0.119 e. The van der Waals surface area contributed by atoms with Crippen LogP contribution in [-0.2, 0) is 0 Å². The molecule has 0 fully saturated rings. The molecule has 2 heterocycles. The van der Waals surface area contributed by atoms with E-state index in [2.05, 4.69) is 15.2 Å². The zero-order chi connectivity index (χ0) is 9.97. The molecule has 2 rings (SSSR count). The summed E-state index contributed by atoms with van der Waals surface area (Å²) in [5.74, 6) is 0. The average Bonchev–Trinajstić information content (AvgIpc) is 2.21. The Hall–Kier alpha value is -1.55. The maximum absolute atomic E-state index is 4.91. The van der Waals surface area contributed by atoms with Gasteiger partial charge in [0.2, 0.25) is 0 Å². The molecular weight excluding hydrogens is 194 g/mol. The van der Waals surface area contributed by atoms with Gasteiger partial charge in [0.05, 0.1) is 5.69 Å². The van der Waals surface area contributed by atoms with E-state index in [0.717, 1.165) is 17.0 Å². The van der Waals surface area contributed by atoms with Crippen molar-refractivity contribution in [2.24, 2.45) is 0 Å². The summed E-state index contributed by atoms with van der Waals surface area (Å²) in [7, 11) is 0. The molecule has 0 atom stereocenters. The second-order valence-electron chi connectivity index (χ2n) is 2.99. The molecule has 14 heavy (non-hydrogen) atoms. The quantitative estimate of drug-likeness (QED) is 0.724. The molecule has 0 aliphatic rings. The number of aromatic amines is 1. The standard InChI is InChI=1S/C10H9N3S/c1-7-2-3-8(6-11-7)9-4-5-10(14)13-12-9/h2-6H,1H3,(H,13,14). The minimum absolute atomic E-state index is 0.633. The molecule has 0 radical (unpaired) electrons. The Labute approximate surface area is 86.8 Å². The van der Waals surface area contributed by atoms with Crippen LogP contribution in [0.5, 0.6) is 0 Å². The van der Waals surface area contributed by atoms with E-state index in [0.29, 0.717) is 4.64 Å². The molecule has 4 heteroatoms. The van der Waals surface area contributed by atoms with Crippen LogP contribution in [-0.4, -0.2) is 15.2 Å². The fourth-order valence-electron chi connectivity index (χ4n) is 1.12. The van der Waals surface area contributed by atoms with Crippen LogP contribution in [0, 0.1) is 11.6 Å². The third-order valence-electron chi connectivity index (χ3n) is 1.89. The second kappa shape index (κ2) is 3.67. The van der Waals surface area contributed by atoms with Crippen molar-refractivity contribution in [3.05, 3.63) is 40.8 Å². The van der Waals surface area contributed by atoms with Crippen molar-refractivity contribution in [3.63, 3.8) is 0 Å². The van der Waals surface area contributed by atoms with Crippen molar-refractivity contribution in [2.45, 2.75) is 6.92 Å². The summed E-state index contributed by atoms with van der Waals surface area (Å²) < 4.78 is 0.633. The van der Waals surface area contributed by atoms with Crippen molar-refractivity contribution in [3.8, 4) is 11.3 Å². The molecule has 0 aromatic carbocycles. The molecule has 0 saturated carbocycles. The highest BCUT2D eigenvalue weighted by molar-refractivity contribution is 7.71. The molecule has 70 valence electrons. The van der Waals surface area contributed by atoms with Crippen LogP contribution in [0.15, 0.2) is 30.5 Å². The molecule has 2 aromatic rings. The molecule has 2 aromatic heterocycles. The highest BCUT2D eigenvalue weighted by Crippen LogP contribution is 2.13. The molecule has 0 unspecified atom stereocenters. The molecule has 0 saturated heterocycles. The van der Waals surface area contributed by atoms with Crippen LogP contribution in [0.1, 0.15) is 5.69 Å². The lowest BCUT2D eigenvalue weighted by molar-refractivity contribution is 1.02. The van der Waals surface area contributed by atoms with Crippen LogP contribution < -0.4 is 0 Å². The first-order valence-corrected chi connectivity index (χ1v) is 4.65. The second-order valence-corrected chi connectivity index (χ2v) is 3.43. The Bertz CT molecular complexity index is 467. The number of pyridine rings is 1. The molecule has 3 nitrogen and oxygen atoms in total. The van der Waals surface area contributed by atoms with Crippen LogP contribution in [0.25, 0.3) is 11.3 Å². The minimum atomic E-state index is 0.633.